The smallest absolute Gasteiger partial charge is 0.194 e. The fourth-order valence-corrected chi connectivity index (χ4v) is 4.48. The quantitative estimate of drug-likeness (QED) is 0.653. The van der Waals surface area contributed by atoms with E-state index in [9.17, 15) is 0 Å². The number of aliphatic imine (C=N–C) groups is 1. The first-order valence-electron chi connectivity index (χ1n) is 10.6. The summed E-state index contributed by atoms with van der Waals surface area (Å²) in [6.07, 6.45) is 6.31. The van der Waals surface area contributed by atoms with E-state index in [0.29, 0.717) is 18.5 Å². The van der Waals surface area contributed by atoms with Crippen LogP contribution in [0.25, 0.3) is 0 Å². The Morgan fingerprint density at radius 3 is 2.64 bits per heavy atom. The zero-order chi connectivity index (χ0) is 19.5. The first kappa shape index (κ1) is 19.0. The minimum absolute atomic E-state index is 0.553. The largest absolute Gasteiger partial charge is 0.353 e. The van der Waals surface area contributed by atoms with Crippen molar-refractivity contribution in [1.82, 2.24) is 25.0 Å². The topological polar surface area (TPSA) is 58.3 Å². The molecule has 150 valence electrons. The van der Waals surface area contributed by atoms with Crippen LogP contribution in [-0.4, -0.2) is 44.8 Å². The first-order chi connectivity index (χ1) is 13.6. The Bertz CT molecular complexity index is 833. The van der Waals surface area contributed by atoms with Gasteiger partial charge >= 0.3 is 0 Å². The molecule has 1 atom stereocenters. The highest BCUT2D eigenvalue weighted by molar-refractivity contribution is 5.80. The summed E-state index contributed by atoms with van der Waals surface area (Å²) in [6.45, 7) is 6.85. The zero-order valence-electron chi connectivity index (χ0n) is 17.4. The van der Waals surface area contributed by atoms with Crippen molar-refractivity contribution in [1.29, 1.82) is 0 Å². The second kappa shape index (κ2) is 8.33. The molecule has 1 saturated heterocycles. The molecule has 4 rings (SSSR count). The van der Waals surface area contributed by atoms with Crippen molar-refractivity contribution < 1.29 is 0 Å². The van der Waals surface area contributed by atoms with Gasteiger partial charge in [0, 0.05) is 32.1 Å². The molecular formula is C22H32N6. The lowest BCUT2D eigenvalue weighted by molar-refractivity contribution is 0.464. The normalized spacial score (nSPS) is 20.9. The zero-order valence-corrected chi connectivity index (χ0v) is 17.4. The maximum absolute atomic E-state index is 4.97. The van der Waals surface area contributed by atoms with Gasteiger partial charge in [-0.05, 0) is 44.2 Å². The Hall–Kier alpha value is -2.37. The van der Waals surface area contributed by atoms with Crippen LogP contribution < -0.4 is 5.32 Å². The molecule has 2 heterocycles. The summed E-state index contributed by atoms with van der Waals surface area (Å²) in [5, 5.41) is 12.2. The van der Waals surface area contributed by atoms with Gasteiger partial charge in [0.2, 0.25) is 0 Å². The Kier molecular flexibility index (Phi) is 5.64. The van der Waals surface area contributed by atoms with E-state index >= 15 is 0 Å². The van der Waals surface area contributed by atoms with Crippen LogP contribution in [0.4, 0.5) is 0 Å². The summed E-state index contributed by atoms with van der Waals surface area (Å²) in [6, 6.07) is 9.35. The third-order valence-electron chi connectivity index (χ3n) is 6.36. The Morgan fingerprint density at radius 1 is 1.14 bits per heavy atom. The number of aromatic nitrogens is 3. The van der Waals surface area contributed by atoms with Crippen molar-refractivity contribution in [3.8, 4) is 0 Å². The van der Waals surface area contributed by atoms with Gasteiger partial charge in [0.05, 0.1) is 0 Å². The predicted molar refractivity (Wildman–Crippen MR) is 112 cm³/mol. The third kappa shape index (κ3) is 4.05. The van der Waals surface area contributed by atoms with Gasteiger partial charge in [0.15, 0.2) is 11.8 Å². The molecule has 2 aliphatic rings. The van der Waals surface area contributed by atoms with E-state index in [-0.39, 0.29) is 0 Å². The van der Waals surface area contributed by atoms with Gasteiger partial charge in [-0.15, -0.1) is 10.2 Å². The fourth-order valence-electron chi connectivity index (χ4n) is 4.48. The molecule has 1 N–H and O–H groups in total. The summed E-state index contributed by atoms with van der Waals surface area (Å²) in [4.78, 5) is 7.42. The number of hydrogen-bond acceptors (Lipinski definition) is 3. The summed E-state index contributed by atoms with van der Waals surface area (Å²) in [7, 11) is 2.01. The van der Waals surface area contributed by atoms with Gasteiger partial charge in [-0.2, -0.15) is 0 Å². The van der Waals surface area contributed by atoms with Crippen LogP contribution in [-0.2, 0) is 13.6 Å². The van der Waals surface area contributed by atoms with Crippen LogP contribution in [0.5, 0.6) is 0 Å². The molecule has 1 aromatic heterocycles. The first-order valence-corrected chi connectivity index (χ1v) is 10.6. The van der Waals surface area contributed by atoms with E-state index in [0.717, 1.165) is 30.7 Å². The molecule has 1 unspecified atom stereocenters. The van der Waals surface area contributed by atoms with Crippen molar-refractivity contribution in [2.75, 3.05) is 13.1 Å². The van der Waals surface area contributed by atoms with E-state index < -0.39 is 0 Å². The summed E-state index contributed by atoms with van der Waals surface area (Å²) in [5.41, 5.74) is 2.88. The van der Waals surface area contributed by atoms with Crippen molar-refractivity contribution >= 4 is 5.96 Å². The van der Waals surface area contributed by atoms with Gasteiger partial charge in [0.25, 0.3) is 0 Å². The minimum Gasteiger partial charge on any atom is -0.353 e. The summed E-state index contributed by atoms with van der Waals surface area (Å²) >= 11 is 0. The van der Waals surface area contributed by atoms with Crippen molar-refractivity contribution in [2.45, 2.75) is 64.5 Å². The Labute approximate surface area is 168 Å². The van der Waals surface area contributed by atoms with Crippen molar-refractivity contribution in [3.63, 3.8) is 0 Å². The third-order valence-corrected chi connectivity index (χ3v) is 6.36. The summed E-state index contributed by atoms with van der Waals surface area (Å²) in [5.74, 6) is 3.46. The molecule has 1 aromatic carbocycles. The van der Waals surface area contributed by atoms with Crippen LogP contribution in [0.15, 0.2) is 29.3 Å². The van der Waals surface area contributed by atoms with Gasteiger partial charge in [-0.1, -0.05) is 37.1 Å². The van der Waals surface area contributed by atoms with Crippen molar-refractivity contribution in [2.24, 2.45) is 12.0 Å². The van der Waals surface area contributed by atoms with E-state index in [2.05, 4.69) is 51.6 Å². The number of nitrogens with one attached hydrogen (secondary N) is 1. The summed E-state index contributed by atoms with van der Waals surface area (Å²) < 4.78 is 2.02. The number of rotatable bonds is 4. The average molecular weight is 381 g/mol. The number of likely N-dealkylation sites (tertiary alicyclic amines) is 1. The lowest BCUT2D eigenvalue weighted by atomic mass is 9.94. The molecule has 0 spiro atoms. The SMILES string of the molecule is Cc1ccccc1C1CCN(C(=NCc2nnc(C)n2C)NC2CCCC2)C1. The fraction of sp³-hybridized carbons (Fsp3) is 0.591. The second-order valence-electron chi connectivity index (χ2n) is 8.28. The molecule has 0 radical (unpaired) electrons. The highest BCUT2D eigenvalue weighted by Crippen LogP contribution is 2.29. The van der Waals surface area contributed by atoms with Crippen LogP contribution in [0.2, 0.25) is 0 Å². The molecule has 28 heavy (non-hydrogen) atoms. The van der Waals surface area contributed by atoms with E-state index in [1.165, 1.54) is 43.2 Å². The number of nitrogens with zero attached hydrogens (tertiary/aromatic N) is 5. The highest BCUT2D eigenvalue weighted by atomic mass is 15.3. The molecule has 0 amide bonds. The standard InChI is InChI=1S/C22H32N6/c1-16-8-4-7-11-20(16)18-12-13-28(15-18)22(24-19-9-5-6-10-19)23-14-21-26-25-17(2)27(21)3/h4,7-8,11,18-19H,5-6,9-10,12-15H2,1-3H3,(H,23,24). The number of benzene rings is 1. The van der Waals surface area contributed by atoms with Crippen LogP contribution >= 0.6 is 0 Å². The molecule has 2 fully saturated rings. The molecule has 2 aromatic rings. The highest BCUT2D eigenvalue weighted by Gasteiger charge is 2.28. The molecule has 0 bridgehead atoms. The predicted octanol–water partition coefficient (Wildman–Crippen LogP) is 3.31. The maximum atomic E-state index is 4.97. The van der Waals surface area contributed by atoms with Gasteiger partial charge in [0.1, 0.15) is 12.4 Å². The van der Waals surface area contributed by atoms with Crippen molar-refractivity contribution in [3.05, 3.63) is 47.0 Å². The maximum Gasteiger partial charge on any atom is 0.194 e. The number of guanidine groups is 1. The van der Waals surface area contributed by atoms with E-state index in [1.807, 2.05) is 18.5 Å². The Morgan fingerprint density at radius 2 is 1.93 bits per heavy atom. The van der Waals surface area contributed by atoms with Gasteiger partial charge < -0.3 is 14.8 Å². The van der Waals surface area contributed by atoms with Crippen LogP contribution in [0, 0.1) is 13.8 Å². The average Bonchev–Trinajstić information content (AvgIpc) is 3.43. The molecule has 6 nitrogen and oxygen atoms in total. The van der Waals surface area contributed by atoms with Crippen LogP contribution in [0.1, 0.15) is 60.8 Å². The molecule has 6 heteroatoms. The monoisotopic (exact) mass is 380 g/mol. The second-order valence-corrected chi connectivity index (χ2v) is 8.28. The van der Waals surface area contributed by atoms with E-state index in [1.54, 1.807) is 0 Å². The molecule has 1 aliphatic carbocycles. The Balaban J connectivity index is 1.51. The lowest BCUT2D eigenvalue weighted by Crippen LogP contribution is -2.44. The van der Waals surface area contributed by atoms with E-state index in [4.69, 9.17) is 4.99 Å². The number of aryl methyl sites for hydroxylation is 2. The minimum atomic E-state index is 0.553. The van der Waals surface area contributed by atoms with Gasteiger partial charge in [-0.25, -0.2) is 4.99 Å². The molecule has 1 saturated carbocycles. The lowest BCUT2D eigenvalue weighted by Gasteiger charge is -2.25. The number of hydrogen-bond donors (Lipinski definition) is 1. The molecule has 1 aliphatic heterocycles. The molecular weight excluding hydrogens is 348 g/mol. The van der Waals surface area contributed by atoms with Crippen LogP contribution in [0.3, 0.4) is 0 Å². The van der Waals surface area contributed by atoms with Gasteiger partial charge in [-0.3, -0.25) is 0 Å².